The molecule has 2 rings (SSSR count). The van der Waals surface area contributed by atoms with Crippen molar-refractivity contribution in [3.63, 3.8) is 0 Å². The van der Waals surface area contributed by atoms with E-state index in [1.807, 2.05) is 26.0 Å². The fraction of sp³-hybridized carbons (Fsp3) is 0.300. The van der Waals surface area contributed by atoms with Crippen molar-refractivity contribution in [2.24, 2.45) is 0 Å². The number of hydrogen-bond donors (Lipinski definition) is 1. The molecule has 0 aliphatic rings. The van der Waals surface area contributed by atoms with Crippen LogP contribution in [0.15, 0.2) is 48.5 Å². The van der Waals surface area contributed by atoms with Crippen LogP contribution < -0.4 is 10.1 Å². The van der Waals surface area contributed by atoms with E-state index in [4.69, 9.17) is 16.3 Å². The lowest BCUT2D eigenvalue weighted by molar-refractivity contribution is -0.123. The molecule has 2 aromatic carbocycles. The second kappa shape index (κ2) is 9.23. The molecule has 0 aliphatic carbocycles. The number of benzene rings is 2. The Hall–Kier alpha value is -2.33. The molecule has 0 aliphatic heterocycles. The average molecular weight is 360 g/mol. The molecular weight excluding hydrogens is 338 g/mol. The smallest absolute Gasteiger partial charge is 0.258 e. The summed E-state index contributed by atoms with van der Waals surface area (Å²) in [7, 11) is 0. The highest BCUT2D eigenvalue weighted by Gasteiger charge is 2.13. The molecule has 0 saturated heterocycles. The third kappa shape index (κ3) is 5.61. The Morgan fingerprint density at radius 2 is 1.68 bits per heavy atom. The van der Waals surface area contributed by atoms with Gasteiger partial charge in [0.05, 0.1) is 6.04 Å². The van der Waals surface area contributed by atoms with Crippen molar-refractivity contribution in [2.75, 3.05) is 6.61 Å². The number of amides is 1. The molecule has 0 bridgehead atoms. The van der Waals surface area contributed by atoms with Gasteiger partial charge in [0.25, 0.3) is 5.91 Å². The molecule has 0 aromatic heterocycles. The van der Waals surface area contributed by atoms with Gasteiger partial charge in [0.1, 0.15) is 5.75 Å². The molecule has 1 amide bonds. The first-order chi connectivity index (χ1) is 12.0. The van der Waals surface area contributed by atoms with Crippen LogP contribution in [-0.4, -0.2) is 18.3 Å². The number of nitrogens with one attached hydrogen (secondary N) is 1. The molecule has 1 N–H and O–H groups in total. The first-order valence-corrected chi connectivity index (χ1v) is 8.72. The van der Waals surface area contributed by atoms with Crippen LogP contribution in [0.1, 0.15) is 48.7 Å². The SMILES string of the molecule is CCC(=O)c1ccc(OCC(=O)NC(CC)c2ccc(Cl)cc2)cc1. The molecule has 4 nitrogen and oxygen atoms in total. The molecule has 5 heteroatoms. The standard InChI is InChI=1S/C20H22ClNO3/c1-3-18(14-5-9-16(21)10-6-14)22-20(24)13-25-17-11-7-15(8-12-17)19(23)4-2/h5-12,18H,3-4,13H2,1-2H3,(H,22,24). The van der Waals surface area contributed by atoms with Crippen LogP contribution >= 0.6 is 11.6 Å². The first kappa shape index (κ1) is 19.0. The number of rotatable bonds is 8. The second-order valence-electron chi connectivity index (χ2n) is 5.67. The Kier molecular flexibility index (Phi) is 7.02. The molecular formula is C20H22ClNO3. The van der Waals surface area contributed by atoms with E-state index >= 15 is 0 Å². The van der Waals surface area contributed by atoms with Gasteiger partial charge in [-0.05, 0) is 48.4 Å². The normalized spacial score (nSPS) is 11.6. The molecule has 0 saturated carbocycles. The van der Waals surface area contributed by atoms with Crippen LogP contribution in [-0.2, 0) is 4.79 Å². The number of carbonyl (C=O) groups excluding carboxylic acids is 2. The van der Waals surface area contributed by atoms with Crippen molar-refractivity contribution in [1.29, 1.82) is 0 Å². The predicted octanol–water partition coefficient (Wildman–Crippen LogP) is 4.58. The largest absolute Gasteiger partial charge is 0.484 e. The van der Waals surface area contributed by atoms with Crippen molar-refractivity contribution in [3.8, 4) is 5.75 Å². The summed E-state index contributed by atoms with van der Waals surface area (Å²) in [6, 6.07) is 14.2. The fourth-order valence-corrected chi connectivity index (χ4v) is 2.57. The van der Waals surface area contributed by atoms with Crippen LogP contribution in [0.3, 0.4) is 0 Å². The van der Waals surface area contributed by atoms with Crippen molar-refractivity contribution < 1.29 is 14.3 Å². The maximum atomic E-state index is 12.1. The van der Waals surface area contributed by atoms with Crippen LogP contribution in [0.4, 0.5) is 0 Å². The van der Waals surface area contributed by atoms with E-state index in [1.165, 1.54) is 0 Å². The van der Waals surface area contributed by atoms with Gasteiger partial charge in [-0.1, -0.05) is 37.6 Å². The summed E-state index contributed by atoms with van der Waals surface area (Å²) in [6.07, 6.45) is 1.23. The molecule has 132 valence electrons. The second-order valence-corrected chi connectivity index (χ2v) is 6.11. The number of hydrogen-bond acceptors (Lipinski definition) is 3. The Labute approximate surface area is 153 Å². The third-order valence-electron chi connectivity index (χ3n) is 3.88. The summed E-state index contributed by atoms with van der Waals surface area (Å²) >= 11 is 5.89. The Bertz CT molecular complexity index is 711. The van der Waals surface area contributed by atoms with Gasteiger partial charge in [-0.15, -0.1) is 0 Å². The zero-order valence-corrected chi connectivity index (χ0v) is 15.2. The van der Waals surface area contributed by atoms with Gasteiger partial charge >= 0.3 is 0 Å². The molecule has 0 radical (unpaired) electrons. The number of Topliss-reactive ketones (excluding diaryl/α,β-unsaturated/α-hetero) is 1. The van der Waals surface area contributed by atoms with Crippen molar-refractivity contribution in [2.45, 2.75) is 32.7 Å². The van der Waals surface area contributed by atoms with Gasteiger partial charge in [-0.2, -0.15) is 0 Å². The number of halogens is 1. The summed E-state index contributed by atoms with van der Waals surface area (Å²) in [6.45, 7) is 3.75. The topological polar surface area (TPSA) is 55.4 Å². The fourth-order valence-electron chi connectivity index (χ4n) is 2.44. The lowest BCUT2D eigenvalue weighted by atomic mass is 10.0. The molecule has 0 heterocycles. The number of ether oxygens (including phenoxy) is 1. The van der Waals surface area contributed by atoms with Crippen LogP contribution in [0.25, 0.3) is 0 Å². The minimum atomic E-state index is -0.199. The van der Waals surface area contributed by atoms with Gasteiger partial charge in [-0.3, -0.25) is 9.59 Å². The van der Waals surface area contributed by atoms with E-state index in [1.54, 1.807) is 36.4 Å². The molecule has 0 spiro atoms. The van der Waals surface area contributed by atoms with Gasteiger partial charge in [0.15, 0.2) is 12.4 Å². The third-order valence-corrected chi connectivity index (χ3v) is 4.14. The Morgan fingerprint density at radius 1 is 1.04 bits per heavy atom. The number of carbonyl (C=O) groups is 2. The van der Waals surface area contributed by atoms with E-state index in [-0.39, 0.29) is 24.3 Å². The highest BCUT2D eigenvalue weighted by molar-refractivity contribution is 6.30. The van der Waals surface area contributed by atoms with Crippen LogP contribution in [0, 0.1) is 0 Å². The van der Waals surface area contributed by atoms with E-state index < -0.39 is 0 Å². The summed E-state index contributed by atoms with van der Waals surface area (Å²) in [4.78, 5) is 23.7. The summed E-state index contributed by atoms with van der Waals surface area (Å²) in [5, 5.41) is 3.62. The van der Waals surface area contributed by atoms with Crippen molar-refractivity contribution in [3.05, 3.63) is 64.7 Å². The lowest BCUT2D eigenvalue weighted by Gasteiger charge is -2.18. The predicted molar refractivity (Wildman–Crippen MR) is 99.2 cm³/mol. The van der Waals surface area contributed by atoms with Gasteiger partial charge in [0, 0.05) is 17.0 Å². The maximum absolute atomic E-state index is 12.1. The van der Waals surface area contributed by atoms with Gasteiger partial charge in [-0.25, -0.2) is 0 Å². The minimum Gasteiger partial charge on any atom is -0.484 e. The van der Waals surface area contributed by atoms with Crippen molar-refractivity contribution >= 4 is 23.3 Å². The Balaban J connectivity index is 1.88. The zero-order valence-electron chi connectivity index (χ0n) is 14.4. The van der Waals surface area contributed by atoms with E-state index in [0.717, 1.165) is 12.0 Å². The zero-order chi connectivity index (χ0) is 18.2. The number of ketones is 1. The first-order valence-electron chi connectivity index (χ1n) is 8.34. The van der Waals surface area contributed by atoms with Crippen LogP contribution in [0.2, 0.25) is 5.02 Å². The van der Waals surface area contributed by atoms with Crippen LogP contribution in [0.5, 0.6) is 5.75 Å². The molecule has 1 unspecified atom stereocenters. The monoisotopic (exact) mass is 359 g/mol. The maximum Gasteiger partial charge on any atom is 0.258 e. The summed E-state index contributed by atoms with van der Waals surface area (Å²) < 4.78 is 5.49. The summed E-state index contributed by atoms with van der Waals surface area (Å²) in [5.74, 6) is 0.441. The van der Waals surface area contributed by atoms with Gasteiger partial charge in [0.2, 0.25) is 0 Å². The molecule has 2 aromatic rings. The van der Waals surface area contributed by atoms with Gasteiger partial charge < -0.3 is 10.1 Å². The van der Waals surface area contributed by atoms with E-state index in [2.05, 4.69) is 5.32 Å². The van der Waals surface area contributed by atoms with E-state index in [9.17, 15) is 9.59 Å². The molecule has 1 atom stereocenters. The molecule has 25 heavy (non-hydrogen) atoms. The average Bonchev–Trinajstić information content (AvgIpc) is 2.65. The lowest BCUT2D eigenvalue weighted by Crippen LogP contribution is -2.32. The quantitative estimate of drug-likeness (QED) is 0.702. The van der Waals surface area contributed by atoms with Crippen molar-refractivity contribution in [1.82, 2.24) is 5.32 Å². The minimum absolute atomic E-state index is 0.0782. The Morgan fingerprint density at radius 3 is 2.24 bits per heavy atom. The highest BCUT2D eigenvalue weighted by atomic mass is 35.5. The van der Waals surface area contributed by atoms with E-state index in [0.29, 0.717) is 22.8 Å². The highest BCUT2D eigenvalue weighted by Crippen LogP contribution is 2.19. The summed E-state index contributed by atoms with van der Waals surface area (Å²) in [5.41, 5.74) is 1.65. The molecule has 0 fully saturated rings.